The summed E-state index contributed by atoms with van der Waals surface area (Å²) in [6.07, 6.45) is 0. The Bertz CT molecular complexity index is 1060. The zero-order valence-electron chi connectivity index (χ0n) is 14.8. The van der Waals surface area contributed by atoms with Crippen molar-refractivity contribution in [2.45, 2.75) is 17.7 Å². The van der Waals surface area contributed by atoms with Crippen LogP contribution in [0.4, 0.5) is 22.9 Å². The first-order valence-electron chi connectivity index (χ1n) is 7.98. The van der Waals surface area contributed by atoms with Crippen LogP contribution in [-0.2, 0) is 9.47 Å². The van der Waals surface area contributed by atoms with Gasteiger partial charge < -0.3 is 43.6 Å². The lowest BCUT2D eigenvalue weighted by Gasteiger charge is -2.35. The van der Waals surface area contributed by atoms with Crippen molar-refractivity contribution in [1.29, 1.82) is 0 Å². The third-order valence-corrected chi connectivity index (χ3v) is 4.91. The van der Waals surface area contributed by atoms with Crippen molar-refractivity contribution in [2.75, 3.05) is 30.0 Å². The molecule has 1 saturated heterocycles. The van der Waals surface area contributed by atoms with Crippen LogP contribution in [0.15, 0.2) is 10.1 Å². The third-order valence-electron chi connectivity index (χ3n) is 4.91. The Morgan fingerprint density at radius 2 is 1.50 bits per heavy atom. The van der Waals surface area contributed by atoms with E-state index in [1.165, 1.54) is 7.05 Å². The first kappa shape index (κ1) is 18.2. The van der Waals surface area contributed by atoms with Crippen LogP contribution < -0.4 is 61.7 Å². The minimum Gasteiger partial charge on any atom is -0.436 e. The number of likely N-dealkylation sites (N-methyl/N-ethyl adjacent to an activating group) is 1. The van der Waals surface area contributed by atoms with Crippen LogP contribution >= 0.6 is 0 Å². The molecule has 0 saturated carbocycles. The highest BCUT2D eigenvalue weighted by Gasteiger charge is 2.67. The molecule has 1 fully saturated rings. The molecule has 1 aromatic heterocycles. The molecule has 2 aliphatic rings. The fourth-order valence-corrected chi connectivity index (χ4v) is 3.25. The van der Waals surface area contributed by atoms with Crippen LogP contribution in [0.2, 0.25) is 0 Å². The van der Waals surface area contributed by atoms with E-state index in [4.69, 9.17) is 70.2 Å². The van der Waals surface area contributed by atoms with E-state index in [0.717, 1.165) is 0 Å². The molecular weight excluding hydrogens is 372 g/mol. The molecule has 19 N–H and O–H groups in total. The normalized spacial score (nSPS) is 28.7. The van der Waals surface area contributed by atoms with Crippen molar-refractivity contribution in [3.8, 4) is 5.75 Å². The first-order chi connectivity index (χ1) is 12.9. The molecule has 0 bridgehead atoms. The van der Waals surface area contributed by atoms with Crippen LogP contribution in [0.3, 0.4) is 0 Å². The second-order valence-electron chi connectivity index (χ2n) is 6.58. The van der Waals surface area contributed by atoms with Gasteiger partial charge in [-0.05, 0) is 7.05 Å². The maximum Gasteiger partial charge on any atom is 0.379 e. The summed E-state index contributed by atoms with van der Waals surface area (Å²) < 4.78 is 22.5. The number of ether oxygens (including phenoxy) is 3. The van der Waals surface area contributed by atoms with Gasteiger partial charge in [-0.3, -0.25) is 32.0 Å². The van der Waals surface area contributed by atoms with E-state index in [1.807, 2.05) is 0 Å². The second kappa shape index (κ2) is 5.02. The van der Waals surface area contributed by atoms with E-state index in [-0.39, 0.29) is 56.6 Å². The lowest BCUT2D eigenvalue weighted by molar-refractivity contribution is -0.288. The van der Waals surface area contributed by atoms with Gasteiger partial charge in [-0.2, -0.15) is 0 Å². The minimum atomic E-state index is -2.18. The van der Waals surface area contributed by atoms with Crippen molar-refractivity contribution in [1.82, 2.24) is 5.32 Å². The van der Waals surface area contributed by atoms with E-state index < -0.39 is 17.7 Å². The van der Waals surface area contributed by atoms with Gasteiger partial charge in [0.25, 0.3) is 0 Å². The highest BCUT2D eigenvalue weighted by molar-refractivity contribution is 6.13. The molecule has 14 nitrogen and oxygen atoms in total. The van der Waals surface area contributed by atoms with E-state index >= 15 is 0 Å². The third kappa shape index (κ3) is 1.90. The molecule has 1 aromatic carbocycles. The molecule has 2 aliphatic heterocycles. The molecule has 0 radical (unpaired) electrons. The number of nitrogens with two attached hydrogens (primary N) is 9. The standard InChI is InChI=1S/C14H22N10O4/c1-24-14(23)13(21,22)27-12(28-14)10(19)4(15)2-3-5(16)11(20)25-8(3)6(17)7(18)9(2)26-12/h24H,15-23H2,1H3. The highest BCUT2D eigenvalue weighted by atomic mass is 16.9. The number of rotatable bonds is 1. The fourth-order valence-electron chi connectivity index (χ4n) is 3.25. The lowest BCUT2D eigenvalue weighted by atomic mass is 9.98. The maximum atomic E-state index is 6.26. The van der Waals surface area contributed by atoms with Crippen LogP contribution in [0, 0.1) is 0 Å². The van der Waals surface area contributed by atoms with E-state index in [2.05, 4.69) is 5.32 Å². The van der Waals surface area contributed by atoms with Crippen LogP contribution in [0.25, 0.3) is 16.7 Å². The van der Waals surface area contributed by atoms with Crippen molar-refractivity contribution < 1.29 is 18.6 Å². The molecule has 0 amide bonds. The topological polar surface area (TPSA) is 287 Å². The SMILES string of the molecule is CNC1(N)OC2(Oc3c(N)c(N)c4oc(N)c(N)c4c3C(N)=C2N)OC1(N)N. The number of hydrogen-bond donors (Lipinski definition) is 10. The van der Waals surface area contributed by atoms with Gasteiger partial charge in [0.15, 0.2) is 11.3 Å². The minimum absolute atomic E-state index is 0.0120. The van der Waals surface area contributed by atoms with Crippen LogP contribution in [-0.4, -0.2) is 24.7 Å². The van der Waals surface area contributed by atoms with Crippen LogP contribution in [0.1, 0.15) is 5.56 Å². The van der Waals surface area contributed by atoms with Gasteiger partial charge in [0.1, 0.15) is 22.8 Å². The Labute approximate surface area is 157 Å². The van der Waals surface area contributed by atoms with Gasteiger partial charge in [0, 0.05) is 0 Å². The van der Waals surface area contributed by atoms with Gasteiger partial charge in [0.2, 0.25) is 17.6 Å². The second-order valence-corrected chi connectivity index (χ2v) is 6.58. The van der Waals surface area contributed by atoms with Gasteiger partial charge in [-0.25, -0.2) is 0 Å². The number of nitrogens with one attached hydrogen (secondary N) is 1. The van der Waals surface area contributed by atoms with Crippen molar-refractivity contribution in [2.24, 2.45) is 28.7 Å². The predicted octanol–water partition coefficient (Wildman–Crippen LogP) is -3.16. The summed E-state index contributed by atoms with van der Waals surface area (Å²) in [5, 5.41) is 2.87. The number of furan rings is 1. The van der Waals surface area contributed by atoms with Crippen LogP contribution in [0.5, 0.6) is 5.75 Å². The number of anilines is 4. The number of fused-ring (bicyclic) bond motifs is 3. The molecule has 152 valence electrons. The Hall–Kier alpha value is -3.14. The summed E-state index contributed by atoms with van der Waals surface area (Å²) in [6, 6.07) is 0. The molecule has 2 atom stereocenters. The van der Waals surface area contributed by atoms with Gasteiger partial charge >= 0.3 is 5.97 Å². The molecule has 2 unspecified atom stereocenters. The summed E-state index contributed by atoms with van der Waals surface area (Å²) in [4.78, 5) is 0. The quantitative estimate of drug-likeness (QED) is 0.130. The van der Waals surface area contributed by atoms with E-state index in [9.17, 15) is 0 Å². The van der Waals surface area contributed by atoms with E-state index in [1.54, 1.807) is 0 Å². The Morgan fingerprint density at radius 1 is 0.857 bits per heavy atom. The highest BCUT2D eigenvalue weighted by Crippen LogP contribution is 2.53. The number of hydrogen-bond acceptors (Lipinski definition) is 14. The summed E-state index contributed by atoms with van der Waals surface area (Å²) in [6.45, 7) is 0. The van der Waals surface area contributed by atoms with E-state index in [0.29, 0.717) is 0 Å². The largest absolute Gasteiger partial charge is 0.436 e. The van der Waals surface area contributed by atoms with Gasteiger partial charge in [-0.15, -0.1) is 0 Å². The number of benzene rings is 1. The molecule has 4 rings (SSSR count). The van der Waals surface area contributed by atoms with Crippen molar-refractivity contribution in [3.63, 3.8) is 0 Å². The molecule has 2 aromatic rings. The first-order valence-corrected chi connectivity index (χ1v) is 7.98. The Morgan fingerprint density at radius 3 is 2.07 bits per heavy atom. The average molecular weight is 394 g/mol. The molecule has 14 heteroatoms. The molecule has 1 spiro atoms. The molecular formula is C14H22N10O4. The maximum absolute atomic E-state index is 6.26. The van der Waals surface area contributed by atoms with Crippen molar-refractivity contribution in [3.05, 3.63) is 11.3 Å². The monoisotopic (exact) mass is 394 g/mol. The zero-order valence-corrected chi connectivity index (χ0v) is 14.8. The lowest BCUT2D eigenvalue weighted by Crippen LogP contribution is -2.75. The smallest absolute Gasteiger partial charge is 0.379 e. The van der Waals surface area contributed by atoms with Gasteiger partial charge in [0.05, 0.1) is 16.6 Å². The summed E-state index contributed by atoms with van der Waals surface area (Å²) >= 11 is 0. The Balaban J connectivity index is 2.03. The predicted molar refractivity (Wildman–Crippen MR) is 102 cm³/mol. The molecule has 0 aliphatic carbocycles. The zero-order chi connectivity index (χ0) is 20.8. The summed E-state index contributed by atoms with van der Waals surface area (Å²) in [5.41, 5.74) is 54.4. The van der Waals surface area contributed by atoms with Crippen molar-refractivity contribution >= 4 is 39.6 Å². The summed E-state index contributed by atoms with van der Waals surface area (Å²) in [5.74, 6) is -6.25. The molecule has 28 heavy (non-hydrogen) atoms. The fraction of sp³-hybridized carbons (Fsp3) is 0.286. The molecule has 3 heterocycles. The Kier molecular flexibility index (Phi) is 3.27. The summed E-state index contributed by atoms with van der Waals surface area (Å²) in [7, 11) is 1.45. The van der Waals surface area contributed by atoms with Gasteiger partial charge in [-0.1, -0.05) is 0 Å². The number of nitrogen functional groups attached to an aromatic ring is 4. The average Bonchev–Trinajstić information content (AvgIpc) is 3.03.